The maximum Gasteiger partial charge on any atom is 0.191 e. The van der Waals surface area contributed by atoms with Crippen LogP contribution in [0, 0.1) is 0 Å². The summed E-state index contributed by atoms with van der Waals surface area (Å²) in [4.78, 5) is 7.00. The van der Waals surface area contributed by atoms with Crippen molar-refractivity contribution in [2.24, 2.45) is 4.99 Å². The minimum absolute atomic E-state index is 0. The van der Waals surface area contributed by atoms with Gasteiger partial charge in [0.1, 0.15) is 5.75 Å². The van der Waals surface area contributed by atoms with E-state index in [1.165, 1.54) is 44.1 Å². The number of aliphatic imine (C=N–C) groups is 1. The average Bonchev–Trinajstić information content (AvgIpc) is 3.35. The van der Waals surface area contributed by atoms with Gasteiger partial charge < -0.3 is 15.4 Å². The maximum absolute atomic E-state index is 5.43. The van der Waals surface area contributed by atoms with Gasteiger partial charge in [0.05, 0.1) is 13.2 Å². The van der Waals surface area contributed by atoms with Crippen molar-refractivity contribution in [2.75, 3.05) is 33.8 Å². The molecule has 2 fully saturated rings. The van der Waals surface area contributed by atoms with E-state index in [9.17, 15) is 0 Å². The number of ether oxygens (including phenoxy) is 1. The molecule has 0 bridgehead atoms. The van der Waals surface area contributed by atoms with E-state index in [-0.39, 0.29) is 24.0 Å². The summed E-state index contributed by atoms with van der Waals surface area (Å²) in [6, 6.07) is 9.40. The molecule has 1 aromatic carbocycles. The van der Waals surface area contributed by atoms with Crippen LogP contribution >= 0.6 is 24.0 Å². The number of benzene rings is 1. The Morgan fingerprint density at radius 1 is 1.23 bits per heavy atom. The molecule has 2 aliphatic rings. The van der Waals surface area contributed by atoms with Crippen LogP contribution < -0.4 is 15.4 Å². The monoisotopic (exact) mass is 472 g/mol. The van der Waals surface area contributed by atoms with Gasteiger partial charge in [0, 0.05) is 19.6 Å². The van der Waals surface area contributed by atoms with Gasteiger partial charge in [0.15, 0.2) is 5.96 Å². The van der Waals surface area contributed by atoms with Gasteiger partial charge in [-0.2, -0.15) is 0 Å². The quantitative estimate of drug-likeness (QED) is 0.378. The van der Waals surface area contributed by atoms with E-state index in [1.807, 2.05) is 13.1 Å². The van der Waals surface area contributed by atoms with Crippen LogP contribution in [-0.2, 0) is 0 Å². The molecule has 0 amide bonds. The van der Waals surface area contributed by atoms with Crippen molar-refractivity contribution in [3.05, 3.63) is 29.8 Å². The van der Waals surface area contributed by atoms with Gasteiger partial charge in [-0.1, -0.05) is 25.0 Å². The summed E-state index contributed by atoms with van der Waals surface area (Å²) in [5, 5.41) is 7.15. The smallest absolute Gasteiger partial charge is 0.191 e. The van der Waals surface area contributed by atoms with Crippen molar-refractivity contribution in [1.29, 1.82) is 0 Å². The SMILES string of the molecule is CN=C(NCC(c1cccc(OC)c1)N1CCCC1)NC1CCCC1.I. The Bertz CT molecular complexity index is 569. The lowest BCUT2D eigenvalue weighted by atomic mass is 10.1. The third kappa shape index (κ3) is 5.74. The van der Waals surface area contributed by atoms with Crippen LogP contribution in [0.1, 0.15) is 50.1 Å². The standard InChI is InChI=1S/C20H32N4O.HI/c1-21-20(23-17-9-3-4-10-17)22-15-19(24-12-5-6-13-24)16-8-7-11-18(14-16)25-2;/h7-8,11,14,17,19H,3-6,9-10,12-13,15H2,1-2H3,(H2,21,22,23);1H. The van der Waals surface area contributed by atoms with Gasteiger partial charge >= 0.3 is 0 Å². The van der Waals surface area contributed by atoms with Crippen molar-refractivity contribution in [3.63, 3.8) is 0 Å². The molecule has 1 aliphatic carbocycles. The van der Waals surface area contributed by atoms with Gasteiger partial charge in [0.2, 0.25) is 0 Å². The first-order valence-corrected chi connectivity index (χ1v) is 9.65. The average molecular weight is 472 g/mol. The Balaban J connectivity index is 0.00000243. The Hall–Kier alpha value is -1.02. The summed E-state index contributed by atoms with van der Waals surface area (Å²) in [6.45, 7) is 3.19. The van der Waals surface area contributed by atoms with E-state index in [2.05, 4.69) is 38.7 Å². The highest BCUT2D eigenvalue weighted by molar-refractivity contribution is 14.0. The molecule has 146 valence electrons. The molecular formula is C20H33IN4O. The third-order valence-electron chi connectivity index (χ3n) is 5.44. The molecule has 1 aromatic rings. The first-order valence-electron chi connectivity index (χ1n) is 9.65. The van der Waals surface area contributed by atoms with Crippen LogP contribution in [-0.4, -0.2) is 50.7 Å². The van der Waals surface area contributed by atoms with Crippen LogP contribution in [0.5, 0.6) is 5.75 Å². The molecule has 1 saturated carbocycles. The zero-order chi connectivity index (χ0) is 17.5. The summed E-state index contributed by atoms with van der Waals surface area (Å²) in [6.07, 6.45) is 7.74. The lowest BCUT2D eigenvalue weighted by Gasteiger charge is -2.29. The fraction of sp³-hybridized carbons (Fsp3) is 0.650. The van der Waals surface area contributed by atoms with Crippen molar-refractivity contribution < 1.29 is 4.74 Å². The minimum atomic E-state index is 0. The number of hydrogen-bond acceptors (Lipinski definition) is 3. The Kier molecular flexibility index (Phi) is 8.98. The second-order valence-corrected chi connectivity index (χ2v) is 7.11. The Morgan fingerprint density at radius 2 is 1.96 bits per heavy atom. The summed E-state index contributed by atoms with van der Waals surface area (Å²) in [7, 11) is 3.59. The number of nitrogens with one attached hydrogen (secondary N) is 2. The molecule has 26 heavy (non-hydrogen) atoms. The molecule has 1 heterocycles. The van der Waals surface area contributed by atoms with E-state index in [4.69, 9.17) is 4.74 Å². The highest BCUT2D eigenvalue weighted by Gasteiger charge is 2.24. The lowest BCUT2D eigenvalue weighted by molar-refractivity contribution is 0.244. The topological polar surface area (TPSA) is 48.9 Å². The van der Waals surface area contributed by atoms with E-state index in [0.29, 0.717) is 12.1 Å². The number of likely N-dealkylation sites (tertiary alicyclic amines) is 1. The fourth-order valence-corrected chi connectivity index (χ4v) is 4.01. The molecule has 0 spiro atoms. The van der Waals surface area contributed by atoms with Gasteiger partial charge in [0.25, 0.3) is 0 Å². The number of guanidine groups is 1. The van der Waals surface area contributed by atoms with Crippen molar-refractivity contribution in [3.8, 4) is 5.75 Å². The van der Waals surface area contributed by atoms with Crippen molar-refractivity contribution >= 4 is 29.9 Å². The zero-order valence-electron chi connectivity index (χ0n) is 16.0. The minimum Gasteiger partial charge on any atom is -0.497 e. The molecule has 0 radical (unpaired) electrons. The summed E-state index contributed by atoms with van der Waals surface area (Å²) in [5.41, 5.74) is 1.31. The number of rotatable bonds is 6. The summed E-state index contributed by atoms with van der Waals surface area (Å²) in [5.74, 6) is 1.86. The predicted octanol–water partition coefficient (Wildman–Crippen LogP) is 3.56. The number of halogens is 1. The molecule has 1 unspecified atom stereocenters. The molecule has 0 aromatic heterocycles. The van der Waals surface area contributed by atoms with Gasteiger partial charge in [-0.3, -0.25) is 9.89 Å². The van der Waals surface area contributed by atoms with Gasteiger partial charge in [-0.15, -0.1) is 24.0 Å². The molecule has 5 nitrogen and oxygen atoms in total. The van der Waals surface area contributed by atoms with Crippen LogP contribution in [0.15, 0.2) is 29.3 Å². The number of nitrogens with zero attached hydrogens (tertiary/aromatic N) is 2. The van der Waals surface area contributed by atoms with E-state index >= 15 is 0 Å². The van der Waals surface area contributed by atoms with Gasteiger partial charge in [-0.05, 0) is 56.5 Å². The third-order valence-corrected chi connectivity index (χ3v) is 5.44. The lowest BCUT2D eigenvalue weighted by Crippen LogP contribution is -2.45. The first kappa shape index (κ1) is 21.3. The highest BCUT2D eigenvalue weighted by atomic mass is 127. The van der Waals surface area contributed by atoms with E-state index < -0.39 is 0 Å². The van der Waals surface area contributed by atoms with Gasteiger partial charge in [-0.25, -0.2) is 0 Å². The molecule has 1 atom stereocenters. The molecule has 6 heteroatoms. The Labute approximate surface area is 175 Å². The number of methoxy groups -OCH3 is 1. The zero-order valence-corrected chi connectivity index (χ0v) is 18.4. The normalized spacial score (nSPS) is 19.8. The van der Waals surface area contributed by atoms with Crippen LogP contribution in [0.4, 0.5) is 0 Å². The second-order valence-electron chi connectivity index (χ2n) is 7.11. The first-order chi connectivity index (χ1) is 12.3. The fourth-order valence-electron chi connectivity index (χ4n) is 4.01. The van der Waals surface area contributed by atoms with Crippen LogP contribution in [0.2, 0.25) is 0 Å². The summed E-state index contributed by atoms with van der Waals surface area (Å²) < 4.78 is 5.43. The second kappa shape index (κ2) is 11.0. The van der Waals surface area contributed by atoms with Crippen LogP contribution in [0.3, 0.4) is 0 Å². The molecule has 2 N–H and O–H groups in total. The molecule has 1 saturated heterocycles. The molecule has 3 rings (SSSR count). The maximum atomic E-state index is 5.43. The van der Waals surface area contributed by atoms with E-state index in [0.717, 1.165) is 31.3 Å². The highest BCUT2D eigenvalue weighted by Crippen LogP contribution is 2.27. The largest absolute Gasteiger partial charge is 0.497 e. The molecular weight excluding hydrogens is 439 g/mol. The van der Waals surface area contributed by atoms with E-state index in [1.54, 1.807) is 7.11 Å². The molecule has 1 aliphatic heterocycles. The van der Waals surface area contributed by atoms with Crippen molar-refractivity contribution in [1.82, 2.24) is 15.5 Å². The predicted molar refractivity (Wildman–Crippen MR) is 119 cm³/mol. The Morgan fingerprint density at radius 3 is 2.62 bits per heavy atom. The summed E-state index contributed by atoms with van der Waals surface area (Å²) >= 11 is 0. The van der Waals surface area contributed by atoms with Crippen LogP contribution in [0.25, 0.3) is 0 Å². The van der Waals surface area contributed by atoms with Crippen molar-refractivity contribution in [2.45, 2.75) is 50.6 Å². The number of hydrogen-bond donors (Lipinski definition) is 2.